The van der Waals surface area contributed by atoms with Crippen LogP contribution in [0.15, 0.2) is 58.4 Å². The Morgan fingerprint density at radius 3 is 2.68 bits per heavy atom. The van der Waals surface area contributed by atoms with Crippen molar-refractivity contribution in [2.75, 3.05) is 6.54 Å². The monoisotopic (exact) mass is 312 g/mol. The van der Waals surface area contributed by atoms with E-state index in [0.29, 0.717) is 11.3 Å². The Bertz CT molecular complexity index is 779. The van der Waals surface area contributed by atoms with Gasteiger partial charge in [-0.2, -0.15) is 0 Å². The van der Waals surface area contributed by atoms with Crippen molar-refractivity contribution < 1.29 is 14.1 Å². The van der Waals surface area contributed by atoms with E-state index in [4.69, 9.17) is 4.52 Å². The average Bonchev–Trinajstić information content (AvgIpc) is 3.23. The molecule has 6 heteroatoms. The molecule has 5 nitrogen and oxygen atoms in total. The molecule has 0 saturated heterocycles. The van der Waals surface area contributed by atoms with Crippen molar-refractivity contribution in [1.29, 1.82) is 0 Å². The molecule has 2 aromatic heterocycles. The largest absolute Gasteiger partial charge is 0.355 e. The lowest BCUT2D eigenvalue weighted by molar-refractivity contribution is 0.0898. The average molecular weight is 312 g/mol. The zero-order valence-electron chi connectivity index (χ0n) is 11.5. The SMILES string of the molecule is O=C(CNC(=O)c1cc(-c2cccs2)on1)c1ccccc1. The summed E-state index contributed by atoms with van der Waals surface area (Å²) in [6, 6.07) is 14.1. The van der Waals surface area contributed by atoms with Crippen LogP contribution in [0.2, 0.25) is 0 Å². The number of carbonyl (C=O) groups excluding carboxylic acids is 2. The molecule has 0 fully saturated rings. The first-order valence-corrected chi connectivity index (χ1v) is 7.49. The summed E-state index contributed by atoms with van der Waals surface area (Å²) in [6.45, 7) is -0.0793. The summed E-state index contributed by atoms with van der Waals surface area (Å²) in [5.41, 5.74) is 0.714. The molecule has 1 aromatic carbocycles. The Kier molecular flexibility index (Phi) is 4.11. The van der Waals surface area contributed by atoms with Crippen LogP contribution in [0.4, 0.5) is 0 Å². The highest BCUT2D eigenvalue weighted by molar-refractivity contribution is 7.13. The Hall–Kier alpha value is -2.73. The molecule has 3 rings (SSSR count). The molecule has 1 N–H and O–H groups in total. The maximum Gasteiger partial charge on any atom is 0.273 e. The van der Waals surface area contributed by atoms with Gasteiger partial charge in [-0.15, -0.1) is 11.3 Å². The molecular formula is C16H12N2O3S. The van der Waals surface area contributed by atoms with E-state index >= 15 is 0 Å². The zero-order chi connectivity index (χ0) is 15.4. The molecule has 0 aliphatic carbocycles. The van der Waals surface area contributed by atoms with Gasteiger partial charge < -0.3 is 9.84 Å². The van der Waals surface area contributed by atoms with E-state index in [1.807, 2.05) is 23.6 Å². The second-order valence-corrected chi connectivity index (χ2v) is 5.47. The van der Waals surface area contributed by atoms with Gasteiger partial charge in [-0.25, -0.2) is 0 Å². The summed E-state index contributed by atoms with van der Waals surface area (Å²) in [6.07, 6.45) is 0. The van der Waals surface area contributed by atoms with Crippen LogP contribution in [0.1, 0.15) is 20.8 Å². The number of carbonyl (C=O) groups is 2. The molecule has 0 spiro atoms. The van der Waals surface area contributed by atoms with Crippen LogP contribution < -0.4 is 5.32 Å². The molecule has 110 valence electrons. The molecule has 0 bridgehead atoms. The van der Waals surface area contributed by atoms with Crippen molar-refractivity contribution in [1.82, 2.24) is 10.5 Å². The van der Waals surface area contributed by atoms with Crippen molar-refractivity contribution in [3.63, 3.8) is 0 Å². The van der Waals surface area contributed by atoms with Crippen LogP contribution in [-0.4, -0.2) is 23.4 Å². The highest BCUT2D eigenvalue weighted by atomic mass is 32.1. The third-order valence-corrected chi connectivity index (χ3v) is 3.90. The van der Waals surface area contributed by atoms with Crippen molar-refractivity contribution >= 4 is 23.0 Å². The summed E-state index contributed by atoms with van der Waals surface area (Å²) >= 11 is 1.50. The number of nitrogens with one attached hydrogen (secondary N) is 1. The highest BCUT2D eigenvalue weighted by Crippen LogP contribution is 2.24. The van der Waals surface area contributed by atoms with E-state index < -0.39 is 5.91 Å². The number of Topliss-reactive ketones (excluding diaryl/α,β-unsaturated/α-hetero) is 1. The number of hydrogen-bond donors (Lipinski definition) is 1. The minimum atomic E-state index is -0.434. The number of amides is 1. The number of benzene rings is 1. The number of hydrogen-bond acceptors (Lipinski definition) is 5. The summed E-state index contributed by atoms with van der Waals surface area (Å²) in [5, 5.41) is 8.19. The summed E-state index contributed by atoms with van der Waals surface area (Å²) in [4.78, 5) is 24.8. The molecule has 2 heterocycles. The highest BCUT2D eigenvalue weighted by Gasteiger charge is 2.15. The quantitative estimate of drug-likeness (QED) is 0.735. The molecule has 0 unspecified atom stereocenters. The molecule has 0 aliphatic rings. The van der Waals surface area contributed by atoms with Gasteiger partial charge in [-0.1, -0.05) is 41.6 Å². The van der Waals surface area contributed by atoms with Gasteiger partial charge >= 0.3 is 0 Å². The molecular weight excluding hydrogens is 300 g/mol. The van der Waals surface area contributed by atoms with Gasteiger partial charge in [0.05, 0.1) is 11.4 Å². The van der Waals surface area contributed by atoms with Crippen LogP contribution in [0.25, 0.3) is 10.6 Å². The van der Waals surface area contributed by atoms with E-state index in [-0.39, 0.29) is 18.0 Å². The maximum atomic E-state index is 12.0. The third-order valence-electron chi connectivity index (χ3n) is 3.01. The zero-order valence-corrected chi connectivity index (χ0v) is 12.3. The number of aromatic nitrogens is 1. The van der Waals surface area contributed by atoms with Crippen LogP contribution in [-0.2, 0) is 0 Å². The molecule has 0 atom stereocenters. The van der Waals surface area contributed by atoms with E-state index in [1.54, 1.807) is 30.3 Å². The lowest BCUT2D eigenvalue weighted by atomic mass is 10.1. The summed E-state index contributed by atoms with van der Waals surface area (Å²) in [5.74, 6) is -0.0544. The van der Waals surface area contributed by atoms with Crippen LogP contribution in [0.3, 0.4) is 0 Å². The smallest absolute Gasteiger partial charge is 0.273 e. The minimum absolute atomic E-state index is 0.0793. The van der Waals surface area contributed by atoms with Crippen molar-refractivity contribution in [3.05, 3.63) is 65.2 Å². The van der Waals surface area contributed by atoms with Crippen LogP contribution in [0.5, 0.6) is 0 Å². The Morgan fingerprint density at radius 1 is 1.14 bits per heavy atom. The van der Waals surface area contributed by atoms with Crippen molar-refractivity contribution in [3.8, 4) is 10.6 Å². The second kappa shape index (κ2) is 6.36. The lowest BCUT2D eigenvalue weighted by Crippen LogP contribution is -2.29. The van der Waals surface area contributed by atoms with Gasteiger partial charge in [-0.3, -0.25) is 9.59 Å². The first-order valence-electron chi connectivity index (χ1n) is 6.61. The summed E-state index contributed by atoms with van der Waals surface area (Å²) in [7, 11) is 0. The topological polar surface area (TPSA) is 72.2 Å². The molecule has 3 aromatic rings. The molecule has 0 aliphatic heterocycles. The van der Waals surface area contributed by atoms with E-state index in [9.17, 15) is 9.59 Å². The van der Waals surface area contributed by atoms with Crippen LogP contribution >= 0.6 is 11.3 Å². The molecule has 1 amide bonds. The normalized spacial score (nSPS) is 10.4. The second-order valence-electron chi connectivity index (χ2n) is 4.53. The van der Waals surface area contributed by atoms with Crippen LogP contribution in [0, 0.1) is 0 Å². The standard InChI is InChI=1S/C16H12N2O3S/c19-13(11-5-2-1-3-6-11)10-17-16(20)12-9-14(21-18-12)15-7-4-8-22-15/h1-9H,10H2,(H,17,20). The molecule has 0 radical (unpaired) electrons. The van der Waals surface area contributed by atoms with Crippen molar-refractivity contribution in [2.45, 2.75) is 0 Å². The summed E-state index contributed by atoms with van der Waals surface area (Å²) < 4.78 is 5.14. The predicted molar refractivity (Wildman–Crippen MR) is 82.9 cm³/mol. The fourth-order valence-electron chi connectivity index (χ4n) is 1.89. The van der Waals surface area contributed by atoms with Gasteiger partial charge in [0.2, 0.25) is 0 Å². The predicted octanol–water partition coefficient (Wildman–Crippen LogP) is 3.02. The maximum absolute atomic E-state index is 12.0. The molecule has 0 saturated carbocycles. The van der Waals surface area contributed by atoms with Gasteiger partial charge in [0.25, 0.3) is 5.91 Å². The Balaban J connectivity index is 1.62. The van der Waals surface area contributed by atoms with E-state index in [2.05, 4.69) is 10.5 Å². The van der Waals surface area contributed by atoms with Gasteiger partial charge in [0, 0.05) is 11.6 Å². The number of thiophene rings is 1. The first kappa shape index (κ1) is 14.2. The minimum Gasteiger partial charge on any atom is -0.355 e. The van der Waals surface area contributed by atoms with Crippen molar-refractivity contribution in [2.24, 2.45) is 0 Å². The number of ketones is 1. The fourth-order valence-corrected chi connectivity index (χ4v) is 2.57. The van der Waals surface area contributed by atoms with Gasteiger partial charge in [-0.05, 0) is 11.4 Å². The Labute approximate surface area is 130 Å². The number of rotatable bonds is 5. The van der Waals surface area contributed by atoms with E-state index in [0.717, 1.165) is 4.88 Å². The van der Waals surface area contributed by atoms with Gasteiger partial charge in [0.15, 0.2) is 17.2 Å². The number of nitrogens with zero attached hydrogens (tertiary/aromatic N) is 1. The molecule has 22 heavy (non-hydrogen) atoms. The first-order chi connectivity index (χ1) is 10.7. The van der Waals surface area contributed by atoms with E-state index in [1.165, 1.54) is 11.3 Å². The lowest BCUT2D eigenvalue weighted by Gasteiger charge is -2.02. The van der Waals surface area contributed by atoms with Gasteiger partial charge in [0.1, 0.15) is 0 Å². The Morgan fingerprint density at radius 2 is 1.95 bits per heavy atom. The fraction of sp³-hybridized carbons (Fsp3) is 0.0625. The third kappa shape index (κ3) is 3.12.